The van der Waals surface area contributed by atoms with Crippen molar-refractivity contribution in [1.82, 2.24) is 14.9 Å². The molecule has 24 heavy (non-hydrogen) atoms. The Morgan fingerprint density at radius 2 is 2.21 bits per heavy atom. The number of amides is 1. The van der Waals surface area contributed by atoms with Crippen molar-refractivity contribution in [1.29, 1.82) is 0 Å². The van der Waals surface area contributed by atoms with Crippen molar-refractivity contribution in [2.75, 3.05) is 18.4 Å². The predicted molar refractivity (Wildman–Crippen MR) is 87.8 cm³/mol. The summed E-state index contributed by atoms with van der Waals surface area (Å²) < 4.78 is 0. The lowest BCUT2D eigenvalue weighted by atomic mass is 10.2. The van der Waals surface area contributed by atoms with E-state index in [1.807, 2.05) is 6.92 Å². The second-order valence-electron chi connectivity index (χ2n) is 5.68. The van der Waals surface area contributed by atoms with Crippen LogP contribution in [0.25, 0.3) is 0 Å². The van der Waals surface area contributed by atoms with Crippen molar-refractivity contribution in [3.63, 3.8) is 0 Å². The summed E-state index contributed by atoms with van der Waals surface area (Å²) in [7, 11) is 0. The molecule has 0 saturated carbocycles. The summed E-state index contributed by atoms with van der Waals surface area (Å²) in [5.41, 5.74) is 1.29. The first kappa shape index (κ1) is 15.9. The predicted octanol–water partition coefficient (Wildman–Crippen LogP) is 2.02. The van der Waals surface area contributed by atoms with E-state index in [1.54, 1.807) is 29.3 Å². The Labute approximate surface area is 138 Å². The van der Waals surface area contributed by atoms with Gasteiger partial charge in [0.25, 0.3) is 11.6 Å². The highest BCUT2D eigenvalue weighted by atomic mass is 16.6. The van der Waals surface area contributed by atoms with E-state index in [0.29, 0.717) is 24.5 Å². The molecule has 0 radical (unpaired) electrons. The van der Waals surface area contributed by atoms with Crippen molar-refractivity contribution in [3.8, 4) is 0 Å². The fourth-order valence-corrected chi connectivity index (χ4v) is 2.73. The minimum absolute atomic E-state index is 0.0263. The number of carbonyl (C=O) groups is 1. The highest BCUT2D eigenvalue weighted by Gasteiger charge is 2.28. The number of rotatable bonds is 4. The third-order valence-corrected chi connectivity index (χ3v) is 4.02. The molecular formula is C16H17N5O3. The van der Waals surface area contributed by atoms with Crippen molar-refractivity contribution in [2.45, 2.75) is 19.4 Å². The average Bonchev–Trinajstić information content (AvgIpc) is 3.04. The van der Waals surface area contributed by atoms with E-state index in [1.165, 1.54) is 12.3 Å². The number of hydrogen-bond acceptors (Lipinski definition) is 6. The maximum atomic E-state index is 12.6. The molecule has 0 spiro atoms. The van der Waals surface area contributed by atoms with Gasteiger partial charge < -0.3 is 10.2 Å². The number of nitro groups is 1. The van der Waals surface area contributed by atoms with Crippen LogP contribution in [0.2, 0.25) is 0 Å². The maximum Gasteiger partial charge on any atom is 0.287 e. The minimum atomic E-state index is -0.483. The molecule has 3 heterocycles. The molecule has 8 nitrogen and oxygen atoms in total. The lowest BCUT2D eigenvalue weighted by Crippen LogP contribution is -2.32. The van der Waals surface area contributed by atoms with Gasteiger partial charge in [-0.15, -0.1) is 0 Å². The summed E-state index contributed by atoms with van der Waals surface area (Å²) >= 11 is 0. The van der Waals surface area contributed by atoms with Crippen LogP contribution in [0.1, 0.15) is 22.5 Å². The van der Waals surface area contributed by atoms with Gasteiger partial charge in [-0.3, -0.25) is 19.9 Å². The summed E-state index contributed by atoms with van der Waals surface area (Å²) in [6.45, 7) is 3.03. The molecule has 124 valence electrons. The molecule has 1 aliphatic rings. The molecule has 1 unspecified atom stereocenters. The topological polar surface area (TPSA) is 101 Å². The van der Waals surface area contributed by atoms with Crippen LogP contribution in [0.4, 0.5) is 11.5 Å². The zero-order chi connectivity index (χ0) is 17.1. The second-order valence-corrected chi connectivity index (χ2v) is 5.68. The van der Waals surface area contributed by atoms with Crippen LogP contribution in [0.5, 0.6) is 0 Å². The Hall–Kier alpha value is -3.03. The molecule has 2 aromatic heterocycles. The quantitative estimate of drug-likeness (QED) is 0.681. The largest absolute Gasteiger partial charge is 0.365 e. The number of aryl methyl sites for hydroxylation is 1. The molecule has 1 amide bonds. The molecule has 1 N–H and O–H groups in total. The van der Waals surface area contributed by atoms with Gasteiger partial charge in [0.15, 0.2) is 0 Å². The molecule has 1 saturated heterocycles. The molecule has 1 atom stereocenters. The first-order valence-electron chi connectivity index (χ1n) is 7.62. The lowest BCUT2D eigenvalue weighted by molar-refractivity contribution is -0.385. The van der Waals surface area contributed by atoms with E-state index in [2.05, 4.69) is 15.3 Å². The van der Waals surface area contributed by atoms with Gasteiger partial charge in [0, 0.05) is 37.1 Å². The third kappa shape index (κ3) is 3.32. The van der Waals surface area contributed by atoms with Gasteiger partial charge in [-0.2, -0.15) is 0 Å². The number of carbonyl (C=O) groups excluding carboxylic acids is 1. The normalized spacial score (nSPS) is 16.9. The van der Waals surface area contributed by atoms with Crippen molar-refractivity contribution in [2.24, 2.45) is 0 Å². The van der Waals surface area contributed by atoms with Crippen molar-refractivity contribution >= 4 is 17.4 Å². The van der Waals surface area contributed by atoms with Gasteiger partial charge in [0.05, 0.1) is 10.5 Å². The van der Waals surface area contributed by atoms with Gasteiger partial charge in [0.2, 0.25) is 0 Å². The number of nitrogens with one attached hydrogen (secondary N) is 1. The Morgan fingerprint density at radius 1 is 1.38 bits per heavy atom. The molecule has 1 aliphatic heterocycles. The van der Waals surface area contributed by atoms with Gasteiger partial charge in [-0.1, -0.05) is 0 Å². The van der Waals surface area contributed by atoms with Gasteiger partial charge in [-0.05, 0) is 31.5 Å². The molecule has 0 aromatic carbocycles. The number of aromatic nitrogens is 2. The van der Waals surface area contributed by atoms with Crippen LogP contribution in [0.3, 0.4) is 0 Å². The Morgan fingerprint density at radius 3 is 2.88 bits per heavy atom. The van der Waals surface area contributed by atoms with E-state index in [0.717, 1.165) is 12.1 Å². The molecule has 3 rings (SSSR count). The molecular weight excluding hydrogens is 310 g/mol. The molecule has 0 bridgehead atoms. The van der Waals surface area contributed by atoms with Crippen molar-refractivity contribution < 1.29 is 9.72 Å². The number of likely N-dealkylation sites (tertiary alicyclic amines) is 1. The number of anilines is 1. The van der Waals surface area contributed by atoms with E-state index in [9.17, 15) is 14.9 Å². The molecule has 0 aliphatic carbocycles. The summed E-state index contributed by atoms with van der Waals surface area (Å²) in [6, 6.07) is 6.59. The Balaban J connectivity index is 1.62. The van der Waals surface area contributed by atoms with E-state index in [-0.39, 0.29) is 17.6 Å². The first-order chi connectivity index (χ1) is 11.5. The summed E-state index contributed by atoms with van der Waals surface area (Å²) in [4.78, 5) is 32.7. The lowest BCUT2D eigenvalue weighted by Gasteiger charge is -2.18. The summed E-state index contributed by atoms with van der Waals surface area (Å²) in [6.07, 6.45) is 3.68. The van der Waals surface area contributed by atoms with Gasteiger partial charge in [-0.25, -0.2) is 4.98 Å². The van der Waals surface area contributed by atoms with Crippen LogP contribution in [-0.4, -0.2) is 44.8 Å². The zero-order valence-electron chi connectivity index (χ0n) is 13.2. The fourth-order valence-electron chi connectivity index (χ4n) is 2.73. The molecule has 8 heteroatoms. The van der Waals surface area contributed by atoms with Crippen LogP contribution < -0.4 is 5.32 Å². The highest BCUT2D eigenvalue weighted by molar-refractivity contribution is 5.95. The van der Waals surface area contributed by atoms with Crippen molar-refractivity contribution in [3.05, 3.63) is 58.0 Å². The average molecular weight is 327 g/mol. The Kier molecular flexibility index (Phi) is 4.37. The van der Waals surface area contributed by atoms with E-state index in [4.69, 9.17) is 0 Å². The highest BCUT2D eigenvalue weighted by Crippen LogP contribution is 2.19. The summed E-state index contributed by atoms with van der Waals surface area (Å²) in [5, 5.41) is 13.8. The van der Waals surface area contributed by atoms with Crippen LogP contribution in [-0.2, 0) is 0 Å². The van der Waals surface area contributed by atoms with E-state index < -0.39 is 4.92 Å². The maximum absolute atomic E-state index is 12.6. The minimum Gasteiger partial charge on any atom is -0.365 e. The van der Waals surface area contributed by atoms with Crippen LogP contribution in [0.15, 0.2) is 36.7 Å². The molecule has 2 aromatic rings. The number of pyridine rings is 2. The summed E-state index contributed by atoms with van der Waals surface area (Å²) in [5.74, 6) is 0.541. The van der Waals surface area contributed by atoms with E-state index >= 15 is 0 Å². The fraction of sp³-hybridized carbons (Fsp3) is 0.312. The standard InChI is InChI=1S/C16H17N5O3/c1-11-14(3-2-7-17-11)16(22)20-8-6-12(10-20)19-15-5-4-13(9-18-15)21(23)24/h2-5,7,9,12H,6,8,10H2,1H3,(H,18,19). The zero-order valence-corrected chi connectivity index (χ0v) is 13.2. The van der Waals surface area contributed by atoms with Gasteiger partial charge >= 0.3 is 0 Å². The SMILES string of the molecule is Cc1ncccc1C(=O)N1CCC(Nc2ccc([N+](=O)[O-])cn2)C1. The number of hydrogen-bond donors (Lipinski definition) is 1. The number of nitrogens with zero attached hydrogens (tertiary/aromatic N) is 4. The Bertz CT molecular complexity index is 763. The van der Waals surface area contributed by atoms with Gasteiger partial charge in [0.1, 0.15) is 12.0 Å². The third-order valence-electron chi connectivity index (χ3n) is 4.02. The smallest absolute Gasteiger partial charge is 0.287 e. The molecule has 1 fully saturated rings. The second kappa shape index (κ2) is 6.61. The first-order valence-corrected chi connectivity index (χ1v) is 7.62. The monoisotopic (exact) mass is 327 g/mol. The van der Waals surface area contributed by atoms with Crippen LogP contribution >= 0.6 is 0 Å². The van der Waals surface area contributed by atoms with Crippen LogP contribution in [0, 0.1) is 17.0 Å².